The number of rotatable bonds is 7. The fraction of sp³-hybridized carbons (Fsp3) is 0.882. The molecule has 0 unspecified atom stereocenters. The molecule has 2 amide bonds. The molecule has 1 aliphatic carbocycles. The standard InChI is InChI=1S/C17H33N3O3/c1-5-6-7-12-10-13(20-17(2,3)4)8-9-14(12)19-15(21)11-18-16(22)23/h12-14,18,20H,5-11H2,1-4H3,(H,19,21)(H,22,23)/t12-,13-,14+/m1/s1. The van der Waals surface area contributed by atoms with E-state index in [4.69, 9.17) is 5.11 Å². The molecule has 0 radical (unpaired) electrons. The lowest BCUT2D eigenvalue weighted by molar-refractivity contribution is -0.121. The van der Waals surface area contributed by atoms with Crippen molar-refractivity contribution in [2.75, 3.05) is 6.54 Å². The van der Waals surface area contributed by atoms with E-state index in [2.05, 4.69) is 43.6 Å². The highest BCUT2D eigenvalue weighted by molar-refractivity contribution is 5.81. The van der Waals surface area contributed by atoms with Crippen LogP contribution in [0.15, 0.2) is 0 Å². The first-order valence-corrected chi connectivity index (χ1v) is 8.75. The van der Waals surface area contributed by atoms with Crippen LogP contribution in [0.5, 0.6) is 0 Å². The lowest BCUT2D eigenvalue weighted by atomic mass is 9.78. The van der Waals surface area contributed by atoms with Crippen LogP contribution in [0.1, 0.15) is 66.2 Å². The molecular formula is C17H33N3O3. The molecule has 3 atom stereocenters. The fourth-order valence-electron chi connectivity index (χ4n) is 3.40. The van der Waals surface area contributed by atoms with E-state index >= 15 is 0 Å². The summed E-state index contributed by atoms with van der Waals surface area (Å²) in [6.07, 6.45) is 5.30. The Morgan fingerprint density at radius 1 is 1.22 bits per heavy atom. The zero-order valence-corrected chi connectivity index (χ0v) is 14.9. The van der Waals surface area contributed by atoms with Gasteiger partial charge in [-0.25, -0.2) is 4.79 Å². The van der Waals surface area contributed by atoms with Gasteiger partial charge < -0.3 is 21.1 Å². The van der Waals surface area contributed by atoms with E-state index in [-0.39, 0.29) is 24.0 Å². The van der Waals surface area contributed by atoms with E-state index in [1.165, 1.54) is 0 Å². The van der Waals surface area contributed by atoms with Crippen LogP contribution in [0.4, 0.5) is 4.79 Å². The molecule has 1 rings (SSSR count). The summed E-state index contributed by atoms with van der Waals surface area (Å²) in [7, 11) is 0. The van der Waals surface area contributed by atoms with Crippen LogP contribution in [0, 0.1) is 5.92 Å². The molecular weight excluding hydrogens is 294 g/mol. The highest BCUT2D eigenvalue weighted by atomic mass is 16.4. The van der Waals surface area contributed by atoms with Gasteiger partial charge >= 0.3 is 6.09 Å². The number of carbonyl (C=O) groups is 2. The Morgan fingerprint density at radius 2 is 1.91 bits per heavy atom. The van der Waals surface area contributed by atoms with Crippen LogP contribution in [0.2, 0.25) is 0 Å². The molecule has 4 N–H and O–H groups in total. The highest BCUT2D eigenvalue weighted by Gasteiger charge is 2.32. The van der Waals surface area contributed by atoms with E-state index < -0.39 is 6.09 Å². The summed E-state index contributed by atoms with van der Waals surface area (Å²) in [6.45, 7) is 8.55. The summed E-state index contributed by atoms with van der Waals surface area (Å²) in [5, 5.41) is 17.4. The lowest BCUT2D eigenvalue weighted by Gasteiger charge is -2.40. The van der Waals surface area contributed by atoms with Gasteiger partial charge in [0.1, 0.15) is 0 Å². The minimum Gasteiger partial charge on any atom is -0.465 e. The molecule has 0 aromatic heterocycles. The topological polar surface area (TPSA) is 90.5 Å². The van der Waals surface area contributed by atoms with Crippen LogP contribution in [0.3, 0.4) is 0 Å². The second-order valence-electron chi connectivity index (χ2n) is 7.64. The van der Waals surface area contributed by atoms with Gasteiger partial charge in [-0.1, -0.05) is 19.8 Å². The maximum absolute atomic E-state index is 11.9. The summed E-state index contributed by atoms with van der Waals surface area (Å²) < 4.78 is 0. The third kappa shape index (κ3) is 8.21. The average Bonchev–Trinajstić information content (AvgIpc) is 2.43. The number of hydrogen-bond acceptors (Lipinski definition) is 3. The van der Waals surface area contributed by atoms with Gasteiger partial charge in [0, 0.05) is 17.6 Å². The highest BCUT2D eigenvalue weighted by Crippen LogP contribution is 2.30. The zero-order valence-electron chi connectivity index (χ0n) is 14.9. The van der Waals surface area contributed by atoms with Gasteiger partial charge in [0.05, 0.1) is 6.54 Å². The Labute approximate surface area is 139 Å². The van der Waals surface area contributed by atoms with Gasteiger partial charge in [0.15, 0.2) is 0 Å². The molecule has 0 aliphatic heterocycles. The molecule has 0 aromatic rings. The Morgan fingerprint density at radius 3 is 2.48 bits per heavy atom. The van der Waals surface area contributed by atoms with Gasteiger partial charge in [0.25, 0.3) is 0 Å². The molecule has 1 aliphatic rings. The number of carboxylic acid groups (broad SMARTS) is 1. The van der Waals surface area contributed by atoms with Crippen molar-refractivity contribution >= 4 is 12.0 Å². The smallest absolute Gasteiger partial charge is 0.405 e. The van der Waals surface area contributed by atoms with Gasteiger partial charge in [-0.2, -0.15) is 0 Å². The summed E-state index contributed by atoms with van der Waals surface area (Å²) >= 11 is 0. The first-order valence-electron chi connectivity index (χ1n) is 8.75. The predicted octanol–water partition coefficient (Wildman–Crippen LogP) is 2.49. The predicted molar refractivity (Wildman–Crippen MR) is 91.5 cm³/mol. The molecule has 0 bridgehead atoms. The average molecular weight is 327 g/mol. The van der Waals surface area contributed by atoms with E-state index in [0.717, 1.165) is 38.5 Å². The Balaban J connectivity index is 2.56. The van der Waals surface area contributed by atoms with Crippen molar-refractivity contribution in [1.29, 1.82) is 0 Å². The van der Waals surface area contributed by atoms with Crippen LogP contribution >= 0.6 is 0 Å². The summed E-state index contributed by atoms with van der Waals surface area (Å²) in [6, 6.07) is 0.643. The van der Waals surface area contributed by atoms with Gasteiger partial charge in [-0.15, -0.1) is 0 Å². The zero-order chi connectivity index (χ0) is 17.5. The second-order valence-corrected chi connectivity index (χ2v) is 7.64. The summed E-state index contributed by atoms with van der Waals surface area (Å²) in [4.78, 5) is 22.4. The number of hydrogen-bond donors (Lipinski definition) is 4. The van der Waals surface area contributed by atoms with Crippen LogP contribution in [-0.4, -0.2) is 41.3 Å². The number of carbonyl (C=O) groups excluding carboxylic acids is 1. The molecule has 0 saturated heterocycles. The minimum atomic E-state index is -1.17. The van der Waals surface area contributed by atoms with Gasteiger partial charge in [-0.3, -0.25) is 4.79 Å². The second kappa shape index (κ2) is 9.11. The molecule has 1 fully saturated rings. The van der Waals surface area contributed by atoms with Gasteiger partial charge in [-0.05, 0) is 52.4 Å². The Hall–Kier alpha value is -1.30. The molecule has 6 nitrogen and oxygen atoms in total. The minimum absolute atomic E-state index is 0.0987. The monoisotopic (exact) mass is 327 g/mol. The molecule has 0 spiro atoms. The van der Waals surface area contributed by atoms with Crippen molar-refractivity contribution in [1.82, 2.24) is 16.0 Å². The maximum atomic E-state index is 11.9. The lowest BCUT2D eigenvalue weighted by Crippen LogP contribution is -2.52. The van der Waals surface area contributed by atoms with E-state index in [1.54, 1.807) is 0 Å². The summed E-state index contributed by atoms with van der Waals surface area (Å²) in [5.41, 5.74) is 0.0987. The van der Waals surface area contributed by atoms with Crippen molar-refractivity contribution < 1.29 is 14.7 Å². The number of unbranched alkanes of at least 4 members (excludes halogenated alkanes) is 1. The molecule has 1 saturated carbocycles. The first kappa shape index (κ1) is 19.7. The maximum Gasteiger partial charge on any atom is 0.405 e. The van der Waals surface area contributed by atoms with Crippen LogP contribution in [-0.2, 0) is 4.79 Å². The van der Waals surface area contributed by atoms with Gasteiger partial charge in [0.2, 0.25) is 5.91 Å². The molecule has 134 valence electrons. The normalized spacial score (nSPS) is 25.0. The molecule has 23 heavy (non-hydrogen) atoms. The fourth-order valence-corrected chi connectivity index (χ4v) is 3.40. The number of nitrogens with one attached hydrogen (secondary N) is 3. The van der Waals surface area contributed by atoms with E-state index in [0.29, 0.717) is 12.0 Å². The van der Waals surface area contributed by atoms with E-state index in [1.807, 2.05) is 0 Å². The quantitative estimate of drug-likeness (QED) is 0.578. The molecule has 0 aromatic carbocycles. The largest absolute Gasteiger partial charge is 0.465 e. The Bertz CT molecular complexity index is 393. The molecule has 6 heteroatoms. The van der Waals surface area contributed by atoms with Crippen molar-refractivity contribution in [2.24, 2.45) is 5.92 Å². The summed E-state index contributed by atoms with van der Waals surface area (Å²) in [5.74, 6) is 0.221. The Kier molecular flexibility index (Phi) is 7.82. The van der Waals surface area contributed by atoms with E-state index in [9.17, 15) is 9.59 Å². The third-order valence-electron chi connectivity index (χ3n) is 4.29. The SMILES string of the molecule is CCCC[C@@H]1C[C@H](NC(C)(C)C)CC[C@@H]1NC(=O)CNC(=O)O. The van der Waals surface area contributed by atoms with Crippen molar-refractivity contribution in [3.63, 3.8) is 0 Å². The molecule has 0 heterocycles. The van der Waals surface area contributed by atoms with Crippen molar-refractivity contribution in [3.8, 4) is 0 Å². The van der Waals surface area contributed by atoms with Crippen molar-refractivity contribution in [3.05, 3.63) is 0 Å². The first-order chi connectivity index (χ1) is 10.7. The number of amides is 2. The van der Waals surface area contributed by atoms with Crippen LogP contribution < -0.4 is 16.0 Å². The third-order valence-corrected chi connectivity index (χ3v) is 4.29. The van der Waals surface area contributed by atoms with Crippen molar-refractivity contribution in [2.45, 2.75) is 83.8 Å². The van der Waals surface area contributed by atoms with Crippen LogP contribution in [0.25, 0.3) is 0 Å².